The summed E-state index contributed by atoms with van der Waals surface area (Å²) in [6.07, 6.45) is 5.25. The summed E-state index contributed by atoms with van der Waals surface area (Å²) >= 11 is 3.81. The molecule has 3 rings (SSSR count). The van der Waals surface area contributed by atoms with Crippen molar-refractivity contribution in [2.75, 3.05) is 7.11 Å². The summed E-state index contributed by atoms with van der Waals surface area (Å²) in [5.74, 6) is 0.610. The molecule has 2 heteroatoms. The van der Waals surface area contributed by atoms with Crippen LogP contribution in [0.2, 0.25) is 0 Å². The molecule has 0 heterocycles. The fourth-order valence-corrected chi connectivity index (χ4v) is 4.16. The van der Waals surface area contributed by atoms with Crippen LogP contribution in [-0.4, -0.2) is 7.11 Å². The van der Waals surface area contributed by atoms with Crippen LogP contribution in [0.5, 0.6) is 0 Å². The molecule has 0 saturated carbocycles. The number of aryl methyl sites for hydroxylation is 1. The molecule has 0 N–H and O–H groups in total. The zero-order chi connectivity index (χ0) is 11.3. The number of halogens is 1. The van der Waals surface area contributed by atoms with Crippen LogP contribution in [0.25, 0.3) is 0 Å². The molecule has 0 fully saturated rings. The maximum atomic E-state index is 5.64. The van der Waals surface area contributed by atoms with Crippen LogP contribution in [0.3, 0.4) is 0 Å². The largest absolute Gasteiger partial charge is 0.376 e. The van der Waals surface area contributed by atoms with E-state index in [0.29, 0.717) is 12.0 Å². The molecular weight excluding hydrogens is 264 g/mol. The van der Waals surface area contributed by atoms with E-state index < -0.39 is 0 Å². The number of hydrogen-bond donors (Lipinski definition) is 0. The van der Waals surface area contributed by atoms with Gasteiger partial charge < -0.3 is 4.74 Å². The second kappa shape index (κ2) is 3.85. The van der Waals surface area contributed by atoms with Gasteiger partial charge in [0, 0.05) is 11.6 Å². The fraction of sp³-hybridized carbons (Fsp3) is 0.571. The van der Waals surface area contributed by atoms with Crippen molar-refractivity contribution in [1.29, 1.82) is 0 Å². The molecule has 0 aliphatic heterocycles. The Bertz CT molecular complexity index is 439. The lowest BCUT2D eigenvalue weighted by atomic mass is 10.0. The van der Waals surface area contributed by atoms with E-state index in [-0.39, 0.29) is 0 Å². The highest BCUT2D eigenvalue weighted by atomic mass is 79.9. The van der Waals surface area contributed by atoms with Crippen molar-refractivity contribution in [3.8, 4) is 0 Å². The maximum Gasteiger partial charge on any atom is 0.0852 e. The number of rotatable bonds is 1. The topological polar surface area (TPSA) is 9.23 Å². The Morgan fingerprint density at radius 2 is 2.12 bits per heavy atom. The van der Waals surface area contributed by atoms with Gasteiger partial charge >= 0.3 is 0 Å². The first-order chi connectivity index (χ1) is 7.72. The first-order valence-corrected chi connectivity index (χ1v) is 6.87. The molecule has 1 aromatic rings. The van der Waals surface area contributed by atoms with Crippen molar-refractivity contribution in [3.63, 3.8) is 0 Å². The van der Waals surface area contributed by atoms with Gasteiger partial charge in [-0.25, -0.2) is 0 Å². The SMILES string of the molecule is COC1c2cc3c(c(Br)c2CC1C)CCC3. The molecule has 0 spiro atoms. The van der Waals surface area contributed by atoms with Crippen molar-refractivity contribution >= 4 is 15.9 Å². The summed E-state index contributed by atoms with van der Waals surface area (Å²) < 4.78 is 7.02. The number of fused-ring (bicyclic) bond motifs is 2. The van der Waals surface area contributed by atoms with Crippen LogP contribution in [0, 0.1) is 5.92 Å². The molecule has 1 nitrogen and oxygen atoms in total. The van der Waals surface area contributed by atoms with Gasteiger partial charge in [0.2, 0.25) is 0 Å². The Balaban J connectivity index is 2.17. The molecule has 2 unspecified atom stereocenters. The highest BCUT2D eigenvalue weighted by Gasteiger charge is 2.33. The van der Waals surface area contributed by atoms with E-state index in [1.54, 1.807) is 11.1 Å². The molecule has 2 atom stereocenters. The summed E-state index contributed by atoms with van der Waals surface area (Å²) in [5.41, 5.74) is 6.03. The predicted molar refractivity (Wildman–Crippen MR) is 68.8 cm³/mol. The van der Waals surface area contributed by atoms with Crippen LogP contribution in [0.1, 0.15) is 41.7 Å². The van der Waals surface area contributed by atoms with E-state index in [1.807, 2.05) is 7.11 Å². The van der Waals surface area contributed by atoms with Gasteiger partial charge in [0.1, 0.15) is 0 Å². The van der Waals surface area contributed by atoms with Gasteiger partial charge in [-0.05, 0) is 53.9 Å². The molecule has 0 saturated heterocycles. The summed E-state index contributed by atoms with van der Waals surface area (Å²) in [6.45, 7) is 2.28. The third-order valence-electron chi connectivity index (χ3n) is 4.07. The smallest absolute Gasteiger partial charge is 0.0852 e. The minimum atomic E-state index is 0.303. The second-order valence-corrected chi connectivity index (χ2v) is 5.88. The molecule has 0 aromatic heterocycles. The van der Waals surface area contributed by atoms with Crippen LogP contribution in [-0.2, 0) is 24.0 Å². The third-order valence-corrected chi connectivity index (χ3v) is 5.03. The number of benzene rings is 1. The Kier molecular flexibility index (Phi) is 2.60. The lowest BCUT2D eigenvalue weighted by Gasteiger charge is -2.15. The highest BCUT2D eigenvalue weighted by molar-refractivity contribution is 9.10. The Morgan fingerprint density at radius 3 is 2.88 bits per heavy atom. The molecular formula is C14H17BrO. The van der Waals surface area contributed by atoms with E-state index in [1.165, 1.54) is 34.9 Å². The van der Waals surface area contributed by atoms with E-state index >= 15 is 0 Å². The van der Waals surface area contributed by atoms with Gasteiger partial charge in [-0.1, -0.05) is 28.9 Å². The Morgan fingerprint density at radius 1 is 1.31 bits per heavy atom. The van der Waals surface area contributed by atoms with Crippen molar-refractivity contribution < 1.29 is 4.74 Å². The van der Waals surface area contributed by atoms with Crippen LogP contribution < -0.4 is 0 Å². The molecule has 0 amide bonds. The van der Waals surface area contributed by atoms with Crippen molar-refractivity contribution in [1.82, 2.24) is 0 Å². The van der Waals surface area contributed by atoms with E-state index in [2.05, 4.69) is 28.9 Å². The number of methoxy groups -OCH3 is 1. The minimum Gasteiger partial charge on any atom is -0.376 e. The van der Waals surface area contributed by atoms with E-state index in [9.17, 15) is 0 Å². The quantitative estimate of drug-likeness (QED) is 0.760. The second-order valence-electron chi connectivity index (χ2n) is 5.09. The van der Waals surface area contributed by atoms with Crippen molar-refractivity contribution in [3.05, 3.63) is 32.8 Å². The lowest BCUT2D eigenvalue weighted by molar-refractivity contribution is 0.0695. The van der Waals surface area contributed by atoms with Crippen molar-refractivity contribution in [2.24, 2.45) is 5.92 Å². The van der Waals surface area contributed by atoms with E-state index in [0.717, 1.165) is 6.42 Å². The van der Waals surface area contributed by atoms with Gasteiger partial charge in [0.15, 0.2) is 0 Å². The Hall–Kier alpha value is -0.340. The molecule has 1 aromatic carbocycles. The molecule has 0 radical (unpaired) electrons. The zero-order valence-corrected chi connectivity index (χ0v) is 11.4. The standard InChI is InChI=1S/C14H17BrO/c1-8-6-11-12(14(8)16-2)7-9-4-3-5-10(9)13(11)15/h7-8,14H,3-6H2,1-2H3. The van der Waals surface area contributed by atoms with Gasteiger partial charge in [-0.3, -0.25) is 0 Å². The summed E-state index contributed by atoms with van der Waals surface area (Å²) in [4.78, 5) is 0. The van der Waals surface area contributed by atoms with Gasteiger partial charge in [0.05, 0.1) is 6.10 Å². The van der Waals surface area contributed by atoms with Crippen LogP contribution in [0.15, 0.2) is 10.5 Å². The van der Waals surface area contributed by atoms with Crippen LogP contribution in [0.4, 0.5) is 0 Å². The number of ether oxygens (including phenoxy) is 1. The molecule has 0 bridgehead atoms. The summed E-state index contributed by atoms with van der Waals surface area (Å²) in [5, 5.41) is 0. The monoisotopic (exact) mass is 280 g/mol. The summed E-state index contributed by atoms with van der Waals surface area (Å²) in [7, 11) is 1.83. The van der Waals surface area contributed by atoms with Crippen LogP contribution >= 0.6 is 15.9 Å². The summed E-state index contributed by atoms with van der Waals surface area (Å²) in [6, 6.07) is 2.40. The predicted octanol–water partition coefficient (Wildman–Crippen LogP) is 3.82. The maximum absolute atomic E-state index is 5.64. The van der Waals surface area contributed by atoms with Gasteiger partial charge in [0.25, 0.3) is 0 Å². The third kappa shape index (κ3) is 1.39. The minimum absolute atomic E-state index is 0.303. The first-order valence-electron chi connectivity index (χ1n) is 6.08. The fourth-order valence-electron chi connectivity index (χ4n) is 3.32. The first kappa shape index (κ1) is 10.8. The average molecular weight is 281 g/mol. The number of hydrogen-bond acceptors (Lipinski definition) is 1. The normalized spacial score (nSPS) is 26.9. The molecule has 16 heavy (non-hydrogen) atoms. The van der Waals surface area contributed by atoms with Gasteiger partial charge in [-0.2, -0.15) is 0 Å². The van der Waals surface area contributed by atoms with Crippen molar-refractivity contribution in [2.45, 2.75) is 38.7 Å². The van der Waals surface area contributed by atoms with E-state index in [4.69, 9.17) is 4.74 Å². The molecule has 2 aliphatic carbocycles. The highest BCUT2D eigenvalue weighted by Crippen LogP contribution is 2.45. The average Bonchev–Trinajstić information content (AvgIpc) is 2.83. The Labute approximate surface area is 105 Å². The lowest BCUT2D eigenvalue weighted by Crippen LogP contribution is -2.05. The molecule has 86 valence electrons. The molecule has 2 aliphatic rings. The van der Waals surface area contributed by atoms with Gasteiger partial charge in [-0.15, -0.1) is 0 Å². The zero-order valence-electron chi connectivity index (χ0n) is 9.85.